The van der Waals surface area contributed by atoms with Crippen molar-refractivity contribution in [2.75, 3.05) is 22.1 Å². The molecule has 1 heterocycles. The van der Waals surface area contributed by atoms with Crippen LogP contribution in [0.15, 0.2) is 23.4 Å². The third-order valence-electron chi connectivity index (χ3n) is 3.21. The molecule has 134 valence electrons. The highest BCUT2D eigenvalue weighted by molar-refractivity contribution is 7.85. The minimum atomic E-state index is -0.954. The molecule has 0 saturated carbocycles. The van der Waals surface area contributed by atoms with Crippen LogP contribution in [-0.4, -0.2) is 22.1 Å². The number of anilines is 3. The van der Waals surface area contributed by atoms with Crippen LogP contribution in [0.4, 0.5) is 26.1 Å². The van der Waals surface area contributed by atoms with Crippen LogP contribution in [-0.2, 0) is 22.0 Å². The smallest absolute Gasteiger partial charge is 0.211 e. The van der Waals surface area contributed by atoms with Gasteiger partial charge < -0.3 is 16.4 Å². The van der Waals surface area contributed by atoms with E-state index in [1.807, 2.05) is 6.92 Å². The zero-order chi connectivity index (χ0) is 18.4. The van der Waals surface area contributed by atoms with E-state index >= 15 is 0 Å². The number of nitrogens with two attached hydrogens (primary N) is 1. The topological polar surface area (TPSA) is 117 Å². The van der Waals surface area contributed by atoms with Crippen molar-refractivity contribution in [1.29, 1.82) is 4.78 Å². The van der Waals surface area contributed by atoms with E-state index in [2.05, 4.69) is 20.6 Å². The standard InChI is InChI=1S/C15H18F2N6OS/c1-2-5-25(19)15-22-13(18)12(21-8-24)14(23-15)20-7-9-3-4-10(16)6-11(9)17/h3-4,6,8,19H,2,5,7H2,1H3,(H,21,24)(H3,18,20,22,23). The number of rotatable bonds is 8. The summed E-state index contributed by atoms with van der Waals surface area (Å²) in [7, 11) is -0.954. The van der Waals surface area contributed by atoms with E-state index in [0.717, 1.165) is 18.6 Å². The van der Waals surface area contributed by atoms with Gasteiger partial charge in [0.05, 0.1) is 0 Å². The van der Waals surface area contributed by atoms with E-state index in [-0.39, 0.29) is 34.6 Å². The van der Waals surface area contributed by atoms with Gasteiger partial charge in [-0.2, -0.15) is 0 Å². The molecule has 2 rings (SSSR count). The summed E-state index contributed by atoms with van der Waals surface area (Å²) in [5.41, 5.74) is 6.21. The summed E-state index contributed by atoms with van der Waals surface area (Å²) in [5.74, 6) is -0.604. The van der Waals surface area contributed by atoms with Crippen LogP contribution < -0.4 is 16.4 Å². The first kappa shape index (κ1) is 18.7. The second-order valence-corrected chi connectivity index (χ2v) is 6.62. The van der Waals surface area contributed by atoms with Gasteiger partial charge in [-0.15, -0.1) is 0 Å². The third kappa shape index (κ3) is 4.69. The molecule has 2 aromatic rings. The van der Waals surface area contributed by atoms with Gasteiger partial charge in [-0.3, -0.25) is 9.57 Å². The molecule has 1 aromatic heterocycles. The SMILES string of the molecule is CCCS(=N)c1nc(N)c(NC=O)c(NCc2ccc(F)cc2F)n1. The van der Waals surface area contributed by atoms with Crippen LogP contribution in [0, 0.1) is 16.4 Å². The second-order valence-electron chi connectivity index (χ2n) is 5.06. The molecule has 1 atom stereocenters. The van der Waals surface area contributed by atoms with Gasteiger partial charge in [0.25, 0.3) is 0 Å². The van der Waals surface area contributed by atoms with Crippen LogP contribution in [0.1, 0.15) is 18.9 Å². The summed E-state index contributed by atoms with van der Waals surface area (Å²) in [5, 5.41) is 5.49. The molecule has 1 amide bonds. The van der Waals surface area contributed by atoms with Crippen LogP contribution in [0.5, 0.6) is 0 Å². The van der Waals surface area contributed by atoms with E-state index in [4.69, 9.17) is 10.5 Å². The molecule has 0 radical (unpaired) electrons. The molecular weight excluding hydrogens is 350 g/mol. The highest BCUT2D eigenvalue weighted by atomic mass is 32.2. The largest absolute Gasteiger partial charge is 0.382 e. The first-order valence-electron chi connectivity index (χ1n) is 7.43. The van der Waals surface area contributed by atoms with E-state index in [1.54, 1.807) is 0 Å². The van der Waals surface area contributed by atoms with Crippen molar-refractivity contribution in [1.82, 2.24) is 9.97 Å². The fraction of sp³-hybridized carbons (Fsp3) is 0.267. The molecule has 0 spiro atoms. The Bertz CT molecular complexity index is 802. The number of carbonyl (C=O) groups excluding carboxylic acids is 1. The number of nitrogens with zero attached hydrogens (tertiary/aromatic N) is 2. The minimum absolute atomic E-state index is 0.00486. The first-order valence-corrected chi connectivity index (χ1v) is 8.83. The second kappa shape index (κ2) is 8.47. The average molecular weight is 368 g/mol. The van der Waals surface area contributed by atoms with Gasteiger partial charge in [-0.05, 0) is 23.2 Å². The summed E-state index contributed by atoms with van der Waals surface area (Å²) >= 11 is 0. The van der Waals surface area contributed by atoms with Crippen molar-refractivity contribution < 1.29 is 13.6 Å². The predicted octanol–water partition coefficient (Wildman–Crippen LogP) is 2.67. The predicted molar refractivity (Wildman–Crippen MR) is 93.3 cm³/mol. The zero-order valence-corrected chi connectivity index (χ0v) is 14.3. The number of carbonyl (C=O) groups is 1. The number of hydrogen-bond donors (Lipinski definition) is 4. The Morgan fingerprint density at radius 1 is 1.36 bits per heavy atom. The lowest BCUT2D eigenvalue weighted by atomic mass is 10.2. The van der Waals surface area contributed by atoms with Crippen LogP contribution in [0.2, 0.25) is 0 Å². The molecule has 5 N–H and O–H groups in total. The number of halogens is 2. The molecule has 10 heteroatoms. The summed E-state index contributed by atoms with van der Waals surface area (Å²) in [6, 6.07) is 3.23. The number of nitrogen functional groups attached to an aromatic ring is 1. The lowest BCUT2D eigenvalue weighted by Crippen LogP contribution is -2.13. The van der Waals surface area contributed by atoms with Gasteiger partial charge >= 0.3 is 0 Å². The zero-order valence-electron chi connectivity index (χ0n) is 13.5. The molecule has 1 unspecified atom stereocenters. The van der Waals surface area contributed by atoms with Crippen molar-refractivity contribution in [3.8, 4) is 0 Å². The van der Waals surface area contributed by atoms with Crippen LogP contribution in [0.3, 0.4) is 0 Å². The highest BCUT2D eigenvalue weighted by Gasteiger charge is 2.15. The minimum Gasteiger partial charge on any atom is -0.382 e. The fourth-order valence-electron chi connectivity index (χ4n) is 2.04. The normalized spacial score (nSPS) is 11.8. The van der Waals surface area contributed by atoms with Gasteiger partial charge in [0, 0.05) is 23.9 Å². The molecule has 25 heavy (non-hydrogen) atoms. The maximum Gasteiger partial charge on any atom is 0.211 e. The van der Waals surface area contributed by atoms with Crippen molar-refractivity contribution in [2.24, 2.45) is 0 Å². The number of nitrogens with one attached hydrogen (secondary N) is 3. The van der Waals surface area contributed by atoms with Gasteiger partial charge in [-0.1, -0.05) is 13.0 Å². The van der Waals surface area contributed by atoms with Gasteiger partial charge in [0.2, 0.25) is 11.6 Å². The number of benzene rings is 1. The van der Waals surface area contributed by atoms with E-state index in [1.165, 1.54) is 6.07 Å². The third-order valence-corrected chi connectivity index (χ3v) is 4.65. The van der Waals surface area contributed by atoms with Crippen molar-refractivity contribution in [2.45, 2.75) is 25.0 Å². The maximum atomic E-state index is 13.8. The lowest BCUT2D eigenvalue weighted by Gasteiger charge is -2.14. The Hall–Kier alpha value is -2.62. The Labute approximate surface area is 146 Å². The molecule has 0 saturated heterocycles. The van der Waals surface area contributed by atoms with Gasteiger partial charge in [0.15, 0.2) is 11.6 Å². The molecule has 0 aliphatic rings. The molecule has 0 bridgehead atoms. The van der Waals surface area contributed by atoms with E-state index in [0.29, 0.717) is 12.2 Å². The number of aromatic nitrogens is 2. The summed E-state index contributed by atoms with van der Waals surface area (Å²) in [4.78, 5) is 19.1. The van der Waals surface area contributed by atoms with Crippen LogP contribution >= 0.6 is 0 Å². The van der Waals surface area contributed by atoms with Gasteiger partial charge in [-0.25, -0.2) is 18.7 Å². The number of amides is 1. The molecule has 0 aliphatic carbocycles. The molecule has 1 aromatic carbocycles. The van der Waals surface area contributed by atoms with E-state index < -0.39 is 22.3 Å². The van der Waals surface area contributed by atoms with Crippen molar-refractivity contribution in [3.63, 3.8) is 0 Å². The Balaban J connectivity index is 2.32. The Morgan fingerprint density at radius 2 is 2.12 bits per heavy atom. The molecule has 7 nitrogen and oxygen atoms in total. The molecule has 0 aliphatic heterocycles. The quantitative estimate of drug-likeness (QED) is 0.422. The highest BCUT2D eigenvalue weighted by Crippen LogP contribution is 2.26. The summed E-state index contributed by atoms with van der Waals surface area (Å²) in [6.07, 6.45) is 1.21. The fourth-order valence-corrected chi connectivity index (χ4v) is 3.04. The van der Waals surface area contributed by atoms with Crippen molar-refractivity contribution >= 4 is 34.4 Å². The van der Waals surface area contributed by atoms with Crippen LogP contribution in [0.25, 0.3) is 0 Å². The lowest BCUT2D eigenvalue weighted by molar-refractivity contribution is -0.105. The van der Waals surface area contributed by atoms with E-state index in [9.17, 15) is 13.6 Å². The molecule has 0 fully saturated rings. The average Bonchev–Trinajstić information content (AvgIpc) is 2.56. The summed E-state index contributed by atoms with van der Waals surface area (Å²) in [6.45, 7) is 1.94. The van der Waals surface area contributed by atoms with Gasteiger partial charge in [0.1, 0.15) is 17.3 Å². The van der Waals surface area contributed by atoms with Crippen molar-refractivity contribution in [3.05, 3.63) is 35.4 Å². The Morgan fingerprint density at radius 3 is 2.76 bits per heavy atom. The Kier molecular flexibility index (Phi) is 6.34. The maximum absolute atomic E-state index is 13.8. The monoisotopic (exact) mass is 368 g/mol. The number of hydrogen-bond acceptors (Lipinski definition) is 6. The molecular formula is C15H18F2N6OS. The summed E-state index contributed by atoms with van der Waals surface area (Å²) < 4.78 is 34.8. The first-order chi connectivity index (χ1) is 12.0.